The average Bonchev–Trinajstić information content (AvgIpc) is 2.20. The molecule has 0 radical (unpaired) electrons. The highest BCUT2D eigenvalue weighted by atomic mass is 16.5. The highest BCUT2D eigenvalue weighted by Gasteiger charge is 2.12. The minimum Gasteiger partial charge on any atom is -0.495 e. The van der Waals surface area contributed by atoms with Gasteiger partial charge in [0.25, 0.3) is 0 Å². The van der Waals surface area contributed by atoms with Crippen molar-refractivity contribution >= 4 is 11.7 Å². The summed E-state index contributed by atoms with van der Waals surface area (Å²) < 4.78 is 4.95. The molecule has 0 saturated heterocycles. The molecule has 0 aromatic heterocycles. The molecule has 3 N–H and O–H groups in total. The number of benzene rings is 1. The van der Waals surface area contributed by atoms with Gasteiger partial charge in [-0.05, 0) is 6.07 Å². The van der Waals surface area contributed by atoms with Crippen molar-refractivity contribution in [2.45, 2.75) is 0 Å². The van der Waals surface area contributed by atoms with Crippen LogP contribution in [0.5, 0.6) is 0 Å². The molecule has 4 heteroatoms. The van der Waals surface area contributed by atoms with Crippen LogP contribution in [0, 0.1) is 0 Å². The number of hydrogen-bond acceptors (Lipinski definition) is 3. The van der Waals surface area contributed by atoms with E-state index in [2.05, 4.69) is 0 Å². The summed E-state index contributed by atoms with van der Waals surface area (Å²) in [6.45, 7) is 0. The molecule has 0 atom stereocenters. The minimum atomic E-state index is -1.00. The zero-order valence-corrected chi connectivity index (χ0v) is 7.73. The molecule has 0 aliphatic carbocycles. The summed E-state index contributed by atoms with van der Waals surface area (Å²) in [7, 11) is 1.44. The van der Waals surface area contributed by atoms with Crippen molar-refractivity contribution in [1.29, 1.82) is 0 Å². The van der Waals surface area contributed by atoms with E-state index in [-0.39, 0.29) is 5.56 Å². The van der Waals surface area contributed by atoms with Gasteiger partial charge in [-0.25, -0.2) is 4.79 Å². The minimum absolute atomic E-state index is 0.172. The van der Waals surface area contributed by atoms with E-state index in [1.165, 1.54) is 19.4 Å². The van der Waals surface area contributed by atoms with Crippen molar-refractivity contribution in [3.63, 3.8) is 0 Å². The standard InChI is InChI=1S/C10H11NO3/c1-14-9(6-11)7-4-2-3-5-8(7)10(12)13/h2-6H,11H2,1H3,(H,12,13)/b9-6-. The first-order valence-electron chi connectivity index (χ1n) is 3.99. The van der Waals surface area contributed by atoms with Crippen LogP contribution in [-0.4, -0.2) is 18.2 Å². The lowest BCUT2D eigenvalue weighted by molar-refractivity contribution is 0.0696. The molecular formula is C10H11NO3. The van der Waals surface area contributed by atoms with Crippen LogP contribution in [0.2, 0.25) is 0 Å². The van der Waals surface area contributed by atoms with Crippen molar-refractivity contribution in [3.05, 3.63) is 41.6 Å². The van der Waals surface area contributed by atoms with Gasteiger partial charge in [-0.2, -0.15) is 0 Å². The van der Waals surface area contributed by atoms with Gasteiger partial charge in [0.2, 0.25) is 0 Å². The van der Waals surface area contributed by atoms with Crippen LogP contribution >= 0.6 is 0 Å². The molecular weight excluding hydrogens is 182 g/mol. The Morgan fingerprint density at radius 1 is 1.43 bits per heavy atom. The maximum Gasteiger partial charge on any atom is 0.336 e. The molecule has 0 amide bonds. The Kier molecular flexibility index (Phi) is 3.12. The second-order valence-electron chi connectivity index (χ2n) is 2.59. The zero-order valence-electron chi connectivity index (χ0n) is 7.73. The van der Waals surface area contributed by atoms with E-state index >= 15 is 0 Å². The van der Waals surface area contributed by atoms with Crippen LogP contribution in [0.1, 0.15) is 15.9 Å². The number of rotatable bonds is 3. The van der Waals surface area contributed by atoms with Gasteiger partial charge in [-0.1, -0.05) is 18.2 Å². The third-order valence-corrected chi connectivity index (χ3v) is 1.79. The van der Waals surface area contributed by atoms with E-state index in [1.54, 1.807) is 18.2 Å². The number of ether oxygens (including phenoxy) is 1. The van der Waals surface area contributed by atoms with Gasteiger partial charge < -0.3 is 15.6 Å². The van der Waals surface area contributed by atoms with E-state index in [1.807, 2.05) is 0 Å². The Labute approximate surface area is 81.6 Å². The van der Waals surface area contributed by atoms with Crippen LogP contribution < -0.4 is 5.73 Å². The quantitative estimate of drug-likeness (QED) is 0.709. The van der Waals surface area contributed by atoms with Crippen LogP contribution in [-0.2, 0) is 4.74 Å². The summed E-state index contributed by atoms with van der Waals surface area (Å²) in [5.74, 6) is -0.653. The molecule has 0 bridgehead atoms. The molecule has 0 saturated carbocycles. The monoisotopic (exact) mass is 193 g/mol. The van der Waals surface area contributed by atoms with Crippen LogP contribution in [0.25, 0.3) is 5.76 Å². The third kappa shape index (κ3) is 1.85. The molecule has 0 heterocycles. The molecule has 1 aromatic rings. The van der Waals surface area contributed by atoms with Gasteiger partial charge in [0, 0.05) is 11.8 Å². The number of nitrogens with two attached hydrogens (primary N) is 1. The topological polar surface area (TPSA) is 72.5 Å². The van der Waals surface area contributed by atoms with E-state index in [9.17, 15) is 4.79 Å². The van der Waals surface area contributed by atoms with Gasteiger partial charge in [0.1, 0.15) is 5.76 Å². The van der Waals surface area contributed by atoms with Gasteiger partial charge >= 0.3 is 5.97 Å². The van der Waals surface area contributed by atoms with Crippen molar-refractivity contribution in [3.8, 4) is 0 Å². The largest absolute Gasteiger partial charge is 0.495 e. The normalized spacial score (nSPS) is 11.1. The Balaban J connectivity index is 3.26. The Hall–Kier alpha value is -1.97. The van der Waals surface area contributed by atoms with E-state index in [4.69, 9.17) is 15.6 Å². The number of carbonyl (C=O) groups is 1. The fourth-order valence-corrected chi connectivity index (χ4v) is 1.15. The van der Waals surface area contributed by atoms with Crippen molar-refractivity contribution < 1.29 is 14.6 Å². The first kappa shape index (κ1) is 10.1. The highest BCUT2D eigenvalue weighted by Crippen LogP contribution is 2.18. The Bertz CT molecular complexity index is 371. The lowest BCUT2D eigenvalue weighted by atomic mass is 10.1. The third-order valence-electron chi connectivity index (χ3n) is 1.79. The number of carboxylic acids is 1. The molecule has 4 nitrogen and oxygen atoms in total. The smallest absolute Gasteiger partial charge is 0.336 e. The molecule has 1 rings (SSSR count). The van der Waals surface area contributed by atoms with Gasteiger partial charge in [-0.15, -0.1) is 0 Å². The van der Waals surface area contributed by atoms with Crippen molar-refractivity contribution in [2.75, 3.05) is 7.11 Å². The predicted octanol–water partition coefficient (Wildman–Crippen LogP) is 1.29. The number of carboxylic acid groups (broad SMARTS) is 1. The molecule has 0 spiro atoms. The highest BCUT2D eigenvalue weighted by molar-refractivity contribution is 5.93. The summed E-state index contributed by atoms with van der Waals surface area (Å²) in [4.78, 5) is 10.8. The van der Waals surface area contributed by atoms with E-state index in [0.717, 1.165) is 0 Å². The molecule has 0 aliphatic rings. The van der Waals surface area contributed by atoms with Gasteiger partial charge in [0.15, 0.2) is 0 Å². The maximum atomic E-state index is 10.8. The zero-order chi connectivity index (χ0) is 10.6. The second-order valence-corrected chi connectivity index (χ2v) is 2.59. The number of aromatic carboxylic acids is 1. The van der Waals surface area contributed by atoms with E-state index < -0.39 is 5.97 Å². The molecule has 0 fully saturated rings. The van der Waals surface area contributed by atoms with Crippen LogP contribution in [0.15, 0.2) is 30.5 Å². The number of hydrogen-bond donors (Lipinski definition) is 2. The van der Waals surface area contributed by atoms with Crippen LogP contribution in [0.4, 0.5) is 0 Å². The Morgan fingerprint density at radius 2 is 2.00 bits per heavy atom. The summed E-state index contributed by atoms with van der Waals surface area (Å²) in [6, 6.07) is 6.52. The van der Waals surface area contributed by atoms with Gasteiger partial charge in [0.05, 0.1) is 12.7 Å². The lowest BCUT2D eigenvalue weighted by Crippen LogP contribution is -2.03. The van der Waals surface area contributed by atoms with Crippen LogP contribution in [0.3, 0.4) is 0 Å². The average molecular weight is 193 g/mol. The molecule has 14 heavy (non-hydrogen) atoms. The SMILES string of the molecule is CO/C(=C\N)c1ccccc1C(=O)O. The second kappa shape index (κ2) is 4.32. The molecule has 74 valence electrons. The van der Waals surface area contributed by atoms with Gasteiger partial charge in [-0.3, -0.25) is 0 Å². The molecule has 0 unspecified atom stereocenters. The fourth-order valence-electron chi connectivity index (χ4n) is 1.15. The number of methoxy groups -OCH3 is 1. The maximum absolute atomic E-state index is 10.8. The summed E-state index contributed by atoms with van der Waals surface area (Å²) in [6.07, 6.45) is 1.24. The Morgan fingerprint density at radius 3 is 2.43 bits per heavy atom. The lowest BCUT2D eigenvalue weighted by Gasteiger charge is -2.07. The van der Waals surface area contributed by atoms with E-state index in [0.29, 0.717) is 11.3 Å². The summed E-state index contributed by atoms with van der Waals surface area (Å²) >= 11 is 0. The first-order chi connectivity index (χ1) is 6.70. The molecule has 0 aliphatic heterocycles. The van der Waals surface area contributed by atoms with Crippen molar-refractivity contribution in [1.82, 2.24) is 0 Å². The summed E-state index contributed by atoms with van der Waals surface area (Å²) in [5.41, 5.74) is 5.95. The van der Waals surface area contributed by atoms with Crippen molar-refractivity contribution in [2.24, 2.45) is 5.73 Å². The predicted molar refractivity (Wildman–Crippen MR) is 52.6 cm³/mol. The fraction of sp³-hybridized carbons (Fsp3) is 0.100. The first-order valence-corrected chi connectivity index (χ1v) is 3.99. The molecule has 1 aromatic carbocycles. The summed E-state index contributed by atoms with van der Waals surface area (Å²) in [5, 5.41) is 8.88.